The second-order valence-electron chi connectivity index (χ2n) is 5.03. The molecule has 8 heteroatoms. The first kappa shape index (κ1) is 16.4. The summed E-state index contributed by atoms with van der Waals surface area (Å²) in [6.07, 6.45) is -4.70. The first-order chi connectivity index (χ1) is 11.3. The van der Waals surface area contributed by atoms with Crippen LogP contribution in [0.3, 0.4) is 0 Å². The maximum atomic E-state index is 12.6. The number of alkyl halides is 3. The Labute approximate surface area is 137 Å². The summed E-state index contributed by atoms with van der Waals surface area (Å²) in [6, 6.07) is 13.4. The highest BCUT2D eigenvalue weighted by Crippen LogP contribution is 2.30. The maximum absolute atomic E-state index is 12.6. The highest BCUT2D eigenvalue weighted by Gasteiger charge is 2.38. The van der Waals surface area contributed by atoms with Crippen molar-refractivity contribution in [2.45, 2.75) is 22.9 Å². The van der Waals surface area contributed by atoms with Gasteiger partial charge >= 0.3 is 12.1 Å². The van der Waals surface area contributed by atoms with Gasteiger partial charge in [-0.2, -0.15) is 18.2 Å². The third-order valence-corrected chi connectivity index (χ3v) is 4.54. The van der Waals surface area contributed by atoms with E-state index in [2.05, 4.69) is 14.7 Å². The first-order valence-electron chi connectivity index (χ1n) is 6.84. The summed E-state index contributed by atoms with van der Waals surface area (Å²) < 4.78 is 54.5. The number of nitrogens with zero attached hydrogens (tertiary/aromatic N) is 2. The van der Waals surface area contributed by atoms with E-state index in [0.29, 0.717) is 15.4 Å². The smallest absolute Gasteiger partial charge is 0.329 e. The molecule has 1 aromatic heterocycles. The largest absolute Gasteiger partial charge is 0.471 e. The van der Waals surface area contributed by atoms with E-state index >= 15 is 0 Å². The molecule has 1 unspecified atom stereocenters. The second-order valence-corrected chi connectivity index (χ2v) is 6.51. The number of rotatable bonds is 3. The lowest BCUT2D eigenvalue weighted by Gasteiger charge is -2.04. The summed E-state index contributed by atoms with van der Waals surface area (Å²) in [5.41, 5.74) is 1.26. The van der Waals surface area contributed by atoms with Crippen molar-refractivity contribution in [1.82, 2.24) is 10.1 Å². The molecule has 124 valence electrons. The van der Waals surface area contributed by atoms with Gasteiger partial charge in [-0.05, 0) is 36.8 Å². The van der Waals surface area contributed by atoms with Gasteiger partial charge in [0, 0.05) is 15.4 Å². The van der Waals surface area contributed by atoms with Gasteiger partial charge in [0.1, 0.15) is 0 Å². The van der Waals surface area contributed by atoms with Crippen LogP contribution < -0.4 is 0 Å². The van der Waals surface area contributed by atoms with Crippen molar-refractivity contribution in [3.63, 3.8) is 0 Å². The number of aromatic nitrogens is 2. The van der Waals surface area contributed by atoms with Crippen LogP contribution in [-0.4, -0.2) is 14.3 Å². The number of benzene rings is 2. The normalized spacial score (nSPS) is 13.0. The summed E-state index contributed by atoms with van der Waals surface area (Å²) in [6.45, 7) is 1.88. The van der Waals surface area contributed by atoms with Crippen molar-refractivity contribution < 1.29 is 21.9 Å². The van der Waals surface area contributed by atoms with Gasteiger partial charge in [0.05, 0.1) is 10.8 Å². The quantitative estimate of drug-likeness (QED) is 0.708. The van der Waals surface area contributed by atoms with Crippen LogP contribution >= 0.6 is 0 Å². The minimum atomic E-state index is -4.70. The fraction of sp³-hybridized carbons (Fsp3) is 0.125. The van der Waals surface area contributed by atoms with Crippen LogP contribution in [0.15, 0.2) is 62.8 Å². The van der Waals surface area contributed by atoms with Gasteiger partial charge in [-0.25, -0.2) is 4.21 Å². The van der Waals surface area contributed by atoms with E-state index in [0.717, 1.165) is 5.56 Å². The monoisotopic (exact) mass is 352 g/mol. The Balaban J connectivity index is 1.95. The molecule has 0 saturated carbocycles. The van der Waals surface area contributed by atoms with Gasteiger partial charge in [-0.3, -0.25) is 0 Å². The van der Waals surface area contributed by atoms with Crippen LogP contribution in [0.1, 0.15) is 11.5 Å². The Hall–Kier alpha value is -2.48. The van der Waals surface area contributed by atoms with E-state index in [1.807, 2.05) is 13.0 Å². The summed E-state index contributed by atoms with van der Waals surface area (Å²) in [5.74, 6) is -1.62. The molecular formula is C16H11F3N2O2S. The molecule has 1 atom stereocenters. The molecule has 1 heterocycles. The van der Waals surface area contributed by atoms with Crippen LogP contribution in [-0.2, 0) is 17.0 Å². The average Bonchev–Trinajstić information content (AvgIpc) is 3.04. The molecular weight excluding hydrogens is 341 g/mol. The summed E-state index contributed by atoms with van der Waals surface area (Å²) >= 11 is 0. The minimum absolute atomic E-state index is 0.203. The molecule has 0 N–H and O–H groups in total. The topological polar surface area (TPSA) is 56.0 Å². The molecule has 0 aliphatic carbocycles. The predicted molar refractivity (Wildman–Crippen MR) is 80.6 cm³/mol. The van der Waals surface area contributed by atoms with Crippen LogP contribution in [0.2, 0.25) is 0 Å². The lowest BCUT2D eigenvalue weighted by molar-refractivity contribution is -0.159. The van der Waals surface area contributed by atoms with Crippen molar-refractivity contribution >= 4 is 10.8 Å². The summed E-state index contributed by atoms with van der Waals surface area (Å²) in [5, 5.41) is 3.34. The SMILES string of the molecule is Cc1cccc(S(=O)c2cccc(-c3noc(C(F)(F)F)n3)c2)c1. The van der Waals surface area contributed by atoms with E-state index in [9.17, 15) is 17.4 Å². The molecule has 4 nitrogen and oxygen atoms in total. The van der Waals surface area contributed by atoms with Gasteiger partial charge in [0.25, 0.3) is 0 Å². The standard InChI is InChI=1S/C16H11F3N2O2S/c1-10-4-2-6-12(8-10)24(22)13-7-3-5-11(9-13)14-20-15(23-21-14)16(17,18)19/h2-9H,1H3. The Bertz CT molecular complexity index is 906. The lowest BCUT2D eigenvalue weighted by atomic mass is 10.2. The van der Waals surface area contributed by atoms with Crippen LogP contribution in [0.25, 0.3) is 11.4 Å². The van der Waals surface area contributed by atoms with Crippen molar-refractivity contribution in [3.8, 4) is 11.4 Å². The molecule has 0 amide bonds. The molecule has 0 spiro atoms. The fourth-order valence-electron chi connectivity index (χ4n) is 2.07. The van der Waals surface area contributed by atoms with E-state index in [4.69, 9.17) is 0 Å². The van der Waals surface area contributed by atoms with E-state index < -0.39 is 22.9 Å². The summed E-state index contributed by atoms with van der Waals surface area (Å²) in [4.78, 5) is 4.39. The van der Waals surface area contributed by atoms with Crippen molar-refractivity contribution in [3.05, 3.63) is 60.0 Å². The maximum Gasteiger partial charge on any atom is 0.471 e. The zero-order chi connectivity index (χ0) is 17.3. The number of hydrogen-bond acceptors (Lipinski definition) is 4. The van der Waals surface area contributed by atoms with Crippen molar-refractivity contribution in [2.75, 3.05) is 0 Å². The number of hydrogen-bond donors (Lipinski definition) is 0. The zero-order valence-electron chi connectivity index (χ0n) is 12.4. The van der Waals surface area contributed by atoms with E-state index in [-0.39, 0.29) is 5.82 Å². The van der Waals surface area contributed by atoms with Gasteiger partial charge in [-0.1, -0.05) is 29.4 Å². The van der Waals surface area contributed by atoms with E-state index in [1.54, 1.807) is 30.3 Å². The van der Waals surface area contributed by atoms with E-state index in [1.165, 1.54) is 12.1 Å². The molecule has 0 radical (unpaired) electrons. The third kappa shape index (κ3) is 3.38. The highest BCUT2D eigenvalue weighted by molar-refractivity contribution is 7.85. The Morgan fingerprint density at radius 2 is 1.71 bits per heavy atom. The predicted octanol–water partition coefficient (Wildman–Crippen LogP) is 4.23. The molecule has 0 fully saturated rings. The molecule has 3 rings (SSSR count). The fourth-order valence-corrected chi connectivity index (χ4v) is 3.28. The Morgan fingerprint density at radius 1 is 1.04 bits per heavy atom. The first-order valence-corrected chi connectivity index (χ1v) is 7.99. The van der Waals surface area contributed by atoms with Crippen molar-refractivity contribution in [1.29, 1.82) is 0 Å². The molecule has 0 bridgehead atoms. The molecule has 2 aromatic carbocycles. The molecule has 0 aliphatic heterocycles. The van der Waals surface area contributed by atoms with Crippen LogP contribution in [0.5, 0.6) is 0 Å². The Morgan fingerprint density at radius 3 is 2.33 bits per heavy atom. The molecule has 0 aliphatic rings. The second kappa shape index (κ2) is 6.20. The van der Waals surface area contributed by atoms with Gasteiger partial charge in [-0.15, -0.1) is 0 Å². The lowest BCUT2D eigenvalue weighted by Crippen LogP contribution is -2.04. The van der Waals surface area contributed by atoms with Gasteiger partial charge < -0.3 is 4.52 Å². The molecule has 3 aromatic rings. The third-order valence-electron chi connectivity index (χ3n) is 3.18. The summed E-state index contributed by atoms with van der Waals surface area (Å²) in [7, 11) is -1.46. The Kier molecular flexibility index (Phi) is 4.23. The van der Waals surface area contributed by atoms with Crippen LogP contribution in [0.4, 0.5) is 13.2 Å². The van der Waals surface area contributed by atoms with Crippen molar-refractivity contribution in [2.24, 2.45) is 0 Å². The number of halogens is 3. The van der Waals surface area contributed by atoms with Gasteiger partial charge in [0.2, 0.25) is 5.82 Å². The van der Waals surface area contributed by atoms with Crippen LogP contribution in [0, 0.1) is 6.92 Å². The van der Waals surface area contributed by atoms with Gasteiger partial charge in [0.15, 0.2) is 0 Å². The minimum Gasteiger partial charge on any atom is -0.329 e. The average molecular weight is 352 g/mol. The molecule has 24 heavy (non-hydrogen) atoms. The zero-order valence-corrected chi connectivity index (χ0v) is 13.2. The molecule has 0 saturated heterocycles. The highest BCUT2D eigenvalue weighted by atomic mass is 32.2. The number of aryl methyl sites for hydroxylation is 1.